The van der Waals surface area contributed by atoms with E-state index >= 15 is 0 Å². The average Bonchev–Trinajstić information content (AvgIpc) is 3.09. The second-order valence-corrected chi connectivity index (χ2v) is 5.95. The lowest BCUT2D eigenvalue weighted by molar-refractivity contribution is -0.116. The Morgan fingerprint density at radius 1 is 1.08 bits per heavy atom. The van der Waals surface area contributed by atoms with Crippen molar-refractivity contribution in [3.05, 3.63) is 78.0 Å². The number of para-hydroxylation sites is 1. The van der Waals surface area contributed by atoms with E-state index in [4.69, 9.17) is 4.74 Å². The summed E-state index contributed by atoms with van der Waals surface area (Å²) in [4.78, 5) is 12.4. The number of hydrogen-bond acceptors (Lipinski definition) is 3. The van der Waals surface area contributed by atoms with Crippen molar-refractivity contribution in [2.24, 2.45) is 0 Å². The van der Waals surface area contributed by atoms with E-state index in [-0.39, 0.29) is 5.91 Å². The Bertz CT molecular complexity index is 843. The highest BCUT2D eigenvalue weighted by Crippen LogP contribution is 2.20. The highest BCUT2D eigenvalue weighted by Gasteiger charge is 2.10. The first kappa shape index (κ1) is 17.7. The predicted molar refractivity (Wildman–Crippen MR) is 102 cm³/mol. The molecule has 1 N–H and O–H groups in total. The standard InChI is InChI=1S/C21H23N3O2/c1-2-26-19-11-7-6-10-18(19)12-13-21(25)23-20-14-15-22-24(20)16-17-8-4-3-5-9-17/h3-11,14-15H,2,12-13,16H2,1H3,(H,23,25). The summed E-state index contributed by atoms with van der Waals surface area (Å²) in [5.41, 5.74) is 2.18. The third-order valence-corrected chi connectivity index (χ3v) is 4.05. The zero-order chi connectivity index (χ0) is 18.2. The molecule has 0 bridgehead atoms. The second-order valence-electron chi connectivity index (χ2n) is 5.95. The molecule has 0 aliphatic rings. The molecule has 134 valence electrons. The molecule has 0 fully saturated rings. The smallest absolute Gasteiger partial charge is 0.225 e. The van der Waals surface area contributed by atoms with Gasteiger partial charge in [0.1, 0.15) is 11.6 Å². The SMILES string of the molecule is CCOc1ccccc1CCC(=O)Nc1ccnn1Cc1ccccc1. The van der Waals surface area contributed by atoms with E-state index in [1.165, 1.54) is 0 Å². The Morgan fingerprint density at radius 2 is 1.85 bits per heavy atom. The van der Waals surface area contributed by atoms with Gasteiger partial charge in [0, 0.05) is 12.5 Å². The molecule has 0 aliphatic heterocycles. The van der Waals surface area contributed by atoms with Crippen LogP contribution in [0, 0.1) is 0 Å². The molecule has 1 aromatic heterocycles. The Morgan fingerprint density at radius 3 is 2.65 bits per heavy atom. The minimum absolute atomic E-state index is 0.0360. The molecule has 0 unspecified atom stereocenters. The Labute approximate surface area is 153 Å². The monoisotopic (exact) mass is 349 g/mol. The maximum Gasteiger partial charge on any atom is 0.225 e. The molecule has 1 amide bonds. The average molecular weight is 349 g/mol. The number of anilines is 1. The van der Waals surface area contributed by atoms with Crippen molar-refractivity contribution in [2.45, 2.75) is 26.3 Å². The molecule has 26 heavy (non-hydrogen) atoms. The third kappa shape index (κ3) is 4.72. The number of carbonyl (C=O) groups is 1. The van der Waals surface area contributed by atoms with Crippen LogP contribution in [0.25, 0.3) is 0 Å². The number of aromatic nitrogens is 2. The summed E-state index contributed by atoms with van der Waals surface area (Å²) in [6.45, 7) is 3.19. The quantitative estimate of drug-likeness (QED) is 0.671. The lowest BCUT2D eigenvalue weighted by atomic mass is 10.1. The van der Waals surface area contributed by atoms with Gasteiger partial charge in [0.05, 0.1) is 19.3 Å². The van der Waals surface area contributed by atoms with Crippen LogP contribution < -0.4 is 10.1 Å². The van der Waals surface area contributed by atoms with Crippen LogP contribution >= 0.6 is 0 Å². The van der Waals surface area contributed by atoms with Crippen LogP contribution in [-0.2, 0) is 17.8 Å². The molecular weight excluding hydrogens is 326 g/mol. The lowest BCUT2D eigenvalue weighted by Gasteiger charge is -2.11. The van der Waals surface area contributed by atoms with E-state index in [0.717, 1.165) is 16.9 Å². The van der Waals surface area contributed by atoms with E-state index < -0.39 is 0 Å². The van der Waals surface area contributed by atoms with Crippen LogP contribution in [0.5, 0.6) is 5.75 Å². The Balaban J connectivity index is 1.59. The molecule has 1 heterocycles. The van der Waals surface area contributed by atoms with E-state index in [0.29, 0.717) is 31.8 Å². The maximum absolute atomic E-state index is 12.4. The molecule has 2 aromatic carbocycles. The first-order valence-corrected chi connectivity index (χ1v) is 8.82. The number of nitrogens with one attached hydrogen (secondary N) is 1. The summed E-state index contributed by atoms with van der Waals surface area (Å²) in [5.74, 6) is 1.51. The van der Waals surface area contributed by atoms with Crippen LogP contribution in [0.1, 0.15) is 24.5 Å². The number of carbonyl (C=O) groups excluding carboxylic acids is 1. The fourth-order valence-corrected chi connectivity index (χ4v) is 2.78. The van der Waals surface area contributed by atoms with Crippen molar-refractivity contribution in [3.63, 3.8) is 0 Å². The highest BCUT2D eigenvalue weighted by atomic mass is 16.5. The zero-order valence-electron chi connectivity index (χ0n) is 14.9. The molecule has 0 radical (unpaired) electrons. The van der Waals surface area contributed by atoms with E-state index in [9.17, 15) is 4.79 Å². The topological polar surface area (TPSA) is 56.1 Å². The second kappa shape index (κ2) is 8.85. The summed E-state index contributed by atoms with van der Waals surface area (Å²) in [6, 6.07) is 19.7. The van der Waals surface area contributed by atoms with Crippen molar-refractivity contribution in [1.29, 1.82) is 0 Å². The molecule has 5 heteroatoms. The van der Waals surface area contributed by atoms with Gasteiger partial charge in [0.2, 0.25) is 5.91 Å². The lowest BCUT2D eigenvalue weighted by Crippen LogP contribution is -2.16. The first-order chi connectivity index (χ1) is 12.8. The molecular formula is C21H23N3O2. The Hall–Kier alpha value is -3.08. The summed E-state index contributed by atoms with van der Waals surface area (Å²) in [5, 5.41) is 7.26. The summed E-state index contributed by atoms with van der Waals surface area (Å²) in [6.07, 6.45) is 2.72. The number of ether oxygens (including phenoxy) is 1. The minimum atomic E-state index is -0.0360. The molecule has 0 aliphatic carbocycles. The van der Waals surface area contributed by atoms with Crippen molar-refractivity contribution in [3.8, 4) is 5.75 Å². The fourth-order valence-electron chi connectivity index (χ4n) is 2.78. The molecule has 3 aromatic rings. The van der Waals surface area contributed by atoms with Crippen LogP contribution in [0.15, 0.2) is 66.9 Å². The van der Waals surface area contributed by atoms with Crippen molar-refractivity contribution < 1.29 is 9.53 Å². The van der Waals surface area contributed by atoms with Crippen molar-refractivity contribution >= 4 is 11.7 Å². The predicted octanol–water partition coefficient (Wildman–Crippen LogP) is 3.90. The third-order valence-electron chi connectivity index (χ3n) is 4.05. The van der Waals surface area contributed by atoms with Gasteiger partial charge in [-0.3, -0.25) is 4.79 Å². The molecule has 5 nitrogen and oxygen atoms in total. The van der Waals surface area contributed by atoms with Gasteiger partial charge < -0.3 is 10.1 Å². The van der Waals surface area contributed by atoms with Gasteiger partial charge in [-0.25, -0.2) is 4.68 Å². The van der Waals surface area contributed by atoms with Gasteiger partial charge in [-0.05, 0) is 30.5 Å². The molecule has 0 spiro atoms. The van der Waals surface area contributed by atoms with Crippen LogP contribution in [-0.4, -0.2) is 22.3 Å². The Kier molecular flexibility index (Phi) is 6.04. The number of rotatable bonds is 8. The maximum atomic E-state index is 12.4. The molecule has 0 atom stereocenters. The first-order valence-electron chi connectivity index (χ1n) is 8.82. The van der Waals surface area contributed by atoms with Crippen molar-refractivity contribution in [2.75, 3.05) is 11.9 Å². The molecule has 3 rings (SSSR count). The molecule has 0 saturated heterocycles. The largest absolute Gasteiger partial charge is 0.494 e. The van der Waals surface area contributed by atoms with Gasteiger partial charge in [-0.1, -0.05) is 48.5 Å². The number of amides is 1. The fraction of sp³-hybridized carbons (Fsp3) is 0.238. The van der Waals surface area contributed by atoms with Crippen LogP contribution in [0.4, 0.5) is 5.82 Å². The number of benzene rings is 2. The van der Waals surface area contributed by atoms with Gasteiger partial charge >= 0.3 is 0 Å². The number of aryl methyl sites for hydroxylation is 1. The summed E-state index contributed by atoms with van der Waals surface area (Å²) < 4.78 is 7.41. The van der Waals surface area contributed by atoms with E-state index in [2.05, 4.69) is 10.4 Å². The normalized spacial score (nSPS) is 10.5. The van der Waals surface area contributed by atoms with Gasteiger partial charge in [0.15, 0.2) is 0 Å². The van der Waals surface area contributed by atoms with Crippen LogP contribution in [0.2, 0.25) is 0 Å². The minimum Gasteiger partial charge on any atom is -0.494 e. The number of hydrogen-bond donors (Lipinski definition) is 1. The highest BCUT2D eigenvalue weighted by molar-refractivity contribution is 5.90. The molecule has 0 saturated carbocycles. The summed E-state index contributed by atoms with van der Waals surface area (Å²) in [7, 11) is 0. The van der Waals surface area contributed by atoms with Crippen molar-refractivity contribution in [1.82, 2.24) is 9.78 Å². The number of nitrogens with zero attached hydrogens (tertiary/aromatic N) is 2. The van der Waals surface area contributed by atoms with Gasteiger partial charge in [-0.15, -0.1) is 0 Å². The van der Waals surface area contributed by atoms with E-state index in [1.807, 2.05) is 67.6 Å². The zero-order valence-corrected chi connectivity index (χ0v) is 14.9. The summed E-state index contributed by atoms with van der Waals surface area (Å²) >= 11 is 0. The van der Waals surface area contributed by atoms with Gasteiger partial charge in [0.25, 0.3) is 0 Å². The van der Waals surface area contributed by atoms with Gasteiger partial charge in [-0.2, -0.15) is 5.10 Å². The van der Waals surface area contributed by atoms with E-state index in [1.54, 1.807) is 10.9 Å². The van der Waals surface area contributed by atoms with Crippen LogP contribution in [0.3, 0.4) is 0 Å².